The van der Waals surface area contributed by atoms with Gasteiger partial charge in [-0.05, 0) is 56.8 Å². The third kappa shape index (κ3) is 2.85. The van der Waals surface area contributed by atoms with Crippen LogP contribution in [0.3, 0.4) is 0 Å². The highest BCUT2D eigenvalue weighted by Gasteiger charge is 2.35. The number of nitrogens with one attached hydrogen (secondary N) is 1. The van der Waals surface area contributed by atoms with Crippen LogP contribution in [0.2, 0.25) is 0 Å². The second-order valence-electron chi connectivity index (χ2n) is 5.95. The molecule has 1 aliphatic carbocycles. The van der Waals surface area contributed by atoms with E-state index in [1.165, 1.54) is 12.5 Å². The van der Waals surface area contributed by atoms with Gasteiger partial charge in [-0.15, -0.1) is 0 Å². The van der Waals surface area contributed by atoms with Crippen LogP contribution in [0.1, 0.15) is 41.6 Å². The van der Waals surface area contributed by atoms with E-state index in [9.17, 15) is 9.18 Å². The highest BCUT2D eigenvalue weighted by atomic mass is 19.1. The van der Waals surface area contributed by atoms with Gasteiger partial charge in [0.2, 0.25) is 0 Å². The average Bonchev–Trinajstić information content (AvgIpc) is 3.15. The Morgan fingerprint density at radius 3 is 2.80 bits per heavy atom. The normalized spacial score (nSPS) is 22.0. The lowest BCUT2D eigenvalue weighted by molar-refractivity contribution is 0.0728. The maximum atomic E-state index is 13.6. The summed E-state index contributed by atoms with van der Waals surface area (Å²) in [6.45, 7) is 3.50. The van der Waals surface area contributed by atoms with Gasteiger partial charge >= 0.3 is 0 Å². The monoisotopic (exact) mass is 276 g/mol. The minimum atomic E-state index is -0.300. The summed E-state index contributed by atoms with van der Waals surface area (Å²) < 4.78 is 13.6. The lowest BCUT2D eigenvalue weighted by Gasteiger charge is -2.26. The molecule has 1 atom stereocenters. The number of aryl methyl sites for hydroxylation is 1. The van der Waals surface area contributed by atoms with Gasteiger partial charge in [-0.2, -0.15) is 0 Å². The van der Waals surface area contributed by atoms with Crippen molar-refractivity contribution in [1.82, 2.24) is 10.2 Å². The molecule has 1 heterocycles. The van der Waals surface area contributed by atoms with Crippen molar-refractivity contribution >= 4 is 5.91 Å². The molecule has 4 heteroatoms. The molecule has 1 saturated carbocycles. The van der Waals surface area contributed by atoms with Gasteiger partial charge < -0.3 is 10.2 Å². The number of nitrogens with zero attached hydrogens (tertiary/aromatic N) is 1. The molecule has 108 valence electrons. The van der Waals surface area contributed by atoms with Crippen LogP contribution in [0.25, 0.3) is 0 Å². The van der Waals surface area contributed by atoms with Gasteiger partial charge in [-0.25, -0.2) is 4.39 Å². The van der Waals surface area contributed by atoms with Crippen LogP contribution in [-0.2, 0) is 0 Å². The van der Waals surface area contributed by atoms with E-state index in [4.69, 9.17) is 0 Å². The Morgan fingerprint density at radius 2 is 2.20 bits per heavy atom. The first-order valence-electron chi connectivity index (χ1n) is 7.45. The van der Waals surface area contributed by atoms with Crippen LogP contribution in [-0.4, -0.2) is 36.0 Å². The van der Waals surface area contributed by atoms with Crippen molar-refractivity contribution in [3.63, 3.8) is 0 Å². The highest BCUT2D eigenvalue weighted by molar-refractivity contribution is 5.94. The molecule has 0 radical (unpaired) electrons. The number of carbonyl (C=O) groups is 1. The number of halogens is 1. The first-order chi connectivity index (χ1) is 9.65. The Balaban J connectivity index is 1.75. The van der Waals surface area contributed by atoms with E-state index in [0.717, 1.165) is 32.4 Å². The lowest BCUT2D eigenvalue weighted by atomic mass is 10.1. The van der Waals surface area contributed by atoms with E-state index in [0.29, 0.717) is 23.2 Å². The molecule has 2 fully saturated rings. The van der Waals surface area contributed by atoms with Crippen molar-refractivity contribution in [2.24, 2.45) is 0 Å². The zero-order valence-corrected chi connectivity index (χ0v) is 11.9. The number of rotatable bonds is 4. The van der Waals surface area contributed by atoms with Crippen molar-refractivity contribution in [1.29, 1.82) is 0 Å². The van der Waals surface area contributed by atoms with Crippen molar-refractivity contribution in [3.8, 4) is 0 Å². The minimum absolute atomic E-state index is 0.0277. The lowest BCUT2D eigenvalue weighted by Crippen LogP contribution is -2.42. The maximum absolute atomic E-state index is 13.6. The fraction of sp³-hybridized carbons (Fsp3) is 0.562. The van der Waals surface area contributed by atoms with E-state index in [1.54, 1.807) is 19.1 Å². The predicted molar refractivity (Wildman–Crippen MR) is 76.2 cm³/mol. The summed E-state index contributed by atoms with van der Waals surface area (Å²) in [5.41, 5.74) is 1.05. The number of benzene rings is 1. The largest absolute Gasteiger partial charge is 0.334 e. The Bertz CT molecular complexity index is 507. The zero-order chi connectivity index (χ0) is 14.1. The third-order valence-electron chi connectivity index (χ3n) is 4.25. The maximum Gasteiger partial charge on any atom is 0.254 e. The fourth-order valence-electron chi connectivity index (χ4n) is 2.83. The van der Waals surface area contributed by atoms with Crippen LogP contribution in [0.5, 0.6) is 0 Å². The van der Waals surface area contributed by atoms with Gasteiger partial charge in [0.25, 0.3) is 5.91 Å². The summed E-state index contributed by atoms with van der Waals surface area (Å²) in [5, 5.41) is 3.43. The van der Waals surface area contributed by atoms with Crippen molar-refractivity contribution in [2.45, 2.75) is 44.7 Å². The predicted octanol–water partition coefficient (Wildman–Crippen LogP) is 2.49. The molecule has 1 aliphatic heterocycles. The van der Waals surface area contributed by atoms with Crippen LogP contribution in [0.4, 0.5) is 4.39 Å². The molecule has 1 amide bonds. The standard InChI is InChI=1S/C16H21FN2O/c1-11-4-5-12(9-15(11)17)16(20)19(14-6-7-14)10-13-3-2-8-18-13/h4-5,9,13-14,18H,2-3,6-8,10H2,1H3. The molecule has 20 heavy (non-hydrogen) atoms. The van der Waals surface area contributed by atoms with Crippen molar-refractivity contribution in [2.75, 3.05) is 13.1 Å². The average molecular weight is 276 g/mol. The molecule has 1 unspecified atom stereocenters. The van der Waals surface area contributed by atoms with Crippen molar-refractivity contribution in [3.05, 3.63) is 35.1 Å². The molecule has 3 nitrogen and oxygen atoms in total. The third-order valence-corrected chi connectivity index (χ3v) is 4.25. The van der Waals surface area contributed by atoms with Gasteiger partial charge in [0.15, 0.2) is 0 Å². The summed E-state index contributed by atoms with van der Waals surface area (Å²) in [6.07, 6.45) is 4.45. The second-order valence-corrected chi connectivity index (χ2v) is 5.95. The van der Waals surface area contributed by atoms with Gasteiger partial charge in [-0.3, -0.25) is 4.79 Å². The summed E-state index contributed by atoms with van der Waals surface area (Å²) in [7, 11) is 0. The van der Waals surface area contributed by atoms with E-state index < -0.39 is 0 Å². The molecular formula is C16H21FN2O. The second kappa shape index (κ2) is 5.52. The molecule has 0 spiro atoms. The van der Waals surface area contributed by atoms with E-state index in [2.05, 4.69) is 5.32 Å². The van der Waals surface area contributed by atoms with Crippen molar-refractivity contribution < 1.29 is 9.18 Å². The topological polar surface area (TPSA) is 32.3 Å². The highest BCUT2D eigenvalue weighted by Crippen LogP contribution is 2.29. The first-order valence-corrected chi connectivity index (χ1v) is 7.45. The van der Waals surface area contributed by atoms with Crippen LogP contribution in [0.15, 0.2) is 18.2 Å². The Morgan fingerprint density at radius 1 is 1.40 bits per heavy atom. The molecule has 3 rings (SSSR count). The van der Waals surface area contributed by atoms with Crippen LogP contribution in [0, 0.1) is 12.7 Å². The van der Waals surface area contributed by atoms with E-state index >= 15 is 0 Å². The molecule has 1 aromatic carbocycles. The smallest absolute Gasteiger partial charge is 0.254 e. The number of hydrogen-bond acceptors (Lipinski definition) is 2. The van der Waals surface area contributed by atoms with Gasteiger partial charge in [0, 0.05) is 24.2 Å². The summed E-state index contributed by atoms with van der Waals surface area (Å²) in [6, 6.07) is 5.54. The van der Waals surface area contributed by atoms with E-state index in [1.807, 2.05) is 4.90 Å². The van der Waals surface area contributed by atoms with Gasteiger partial charge in [-0.1, -0.05) is 6.07 Å². The minimum Gasteiger partial charge on any atom is -0.334 e. The van der Waals surface area contributed by atoms with Crippen LogP contribution < -0.4 is 5.32 Å². The molecular weight excluding hydrogens is 255 g/mol. The molecule has 1 aromatic rings. The number of hydrogen-bond donors (Lipinski definition) is 1. The first kappa shape index (κ1) is 13.6. The fourth-order valence-corrected chi connectivity index (χ4v) is 2.83. The number of carbonyl (C=O) groups excluding carboxylic acids is 1. The van der Waals surface area contributed by atoms with Gasteiger partial charge in [0.05, 0.1) is 0 Å². The summed E-state index contributed by atoms with van der Waals surface area (Å²) in [5.74, 6) is -0.328. The quantitative estimate of drug-likeness (QED) is 0.916. The molecule has 1 N–H and O–H groups in total. The molecule has 0 bridgehead atoms. The van der Waals surface area contributed by atoms with Gasteiger partial charge in [0.1, 0.15) is 5.82 Å². The van der Waals surface area contributed by atoms with Crippen LogP contribution >= 0.6 is 0 Å². The Kier molecular flexibility index (Phi) is 3.74. The molecule has 1 saturated heterocycles. The molecule has 2 aliphatic rings. The SMILES string of the molecule is Cc1ccc(C(=O)N(CC2CCCN2)C2CC2)cc1F. The van der Waals surface area contributed by atoms with E-state index in [-0.39, 0.29) is 11.7 Å². The summed E-state index contributed by atoms with van der Waals surface area (Å²) in [4.78, 5) is 14.5. The number of amides is 1. The zero-order valence-electron chi connectivity index (χ0n) is 11.9. The molecule has 0 aromatic heterocycles. The summed E-state index contributed by atoms with van der Waals surface area (Å²) >= 11 is 0. The Hall–Kier alpha value is -1.42. The Labute approximate surface area is 119 Å².